The summed E-state index contributed by atoms with van der Waals surface area (Å²) in [5, 5.41) is 19.5. The van der Waals surface area contributed by atoms with Crippen LogP contribution in [0, 0.1) is 0 Å². The Kier molecular flexibility index (Phi) is 3.47. The quantitative estimate of drug-likeness (QED) is 0.775. The first-order valence-electron chi connectivity index (χ1n) is 6.81. The Morgan fingerprint density at radius 2 is 1.86 bits per heavy atom. The van der Waals surface area contributed by atoms with Crippen LogP contribution < -0.4 is 10.2 Å². The second-order valence-corrected chi connectivity index (χ2v) is 4.77. The topological polar surface area (TPSA) is 79.9 Å². The van der Waals surface area contributed by atoms with E-state index in [-0.39, 0.29) is 28.3 Å². The van der Waals surface area contributed by atoms with Crippen molar-refractivity contribution in [1.82, 2.24) is 0 Å². The van der Waals surface area contributed by atoms with Crippen molar-refractivity contribution in [3.63, 3.8) is 0 Å². The summed E-state index contributed by atoms with van der Waals surface area (Å²) in [4.78, 5) is 12.6. The minimum atomic E-state index is -0.229. The van der Waals surface area contributed by atoms with Gasteiger partial charge in [-0.3, -0.25) is 4.79 Å². The van der Waals surface area contributed by atoms with E-state index in [0.29, 0.717) is 23.1 Å². The molecule has 0 fully saturated rings. The van der Waals surface area contributed by atoms with Crippen molar-refractivity contribution >= 4 is 11.0 Å². The van der Waals surface area contributed by atoms with Crippen LogP contribution >= 0.6 is 0 Å². The van der Waals surface area contributed by atoms with E-state index in [2.05, 4.69) is 0 Å². The van der Waals surface area contributed by atoms with Crippen LogP contribution in [0.3, 0.4) is 0 Å². The van der Waals surface area contributed by atoms with Crippen molar-refractivity contribution in [1.29, 1.82) is 0 Å². The lowest BCUT2D eigenvalue weighted by molar-refractivity contribution is 0.318. The number of phenolic OH excluding ortho intramolecular Hbond substituents is 2. The molecular weight excluding hydrogens is 284 g/mol. The average molecular weight is 298 g/mol. The Hall–Kier alpha value is -2.95. The molecule has 0 aliphatic carbocycles. The Bertz CT molecular complexity index is 878. The largest absolute Gasteiger partial charge is 0.508 e. The maximum atomic E-state index is 12.6. The van der Waals surface area contributed by atoms with Crippen LogP contribution in [-0.2, 0) is 0 Å². The minimum Gasteiger partial charge on any atom is -0.508 e. The maximum Gasteiger partial charge on any atom is 0.200 e. The monoisotopic (exact) mass is 298 g/mol. The molecule has 1 heterocycles. The molecule has 3 aromatic rings. The Morgan fingerprint density at radius 3 is 2.55 bits per heavy atom. The summed E-state index contributed by atoms with van der Waals surface area (Å²) in [6.45, 7) is 2.17. The molecule has 0 saturated carbocycles. The van der Waals surface area contributed by atoms with E-state index in [0.717, 1.165) is 0 Å². The number of phenols is 2. The van der Waals surface area contributed by atoms with Gasteiger partial charge in [-0.05, 0) is 30.7 Å². The van der Waals surface area contributed by atoms with Gasteiger partial charge in [0.1, 0.15) is 17.6 Å². The molecule has 1 aromatic heterocycles. The van der Waals surface area contributed by atoms with Crippen molar-refractivity contribution in [2.45, 2.75) is 6.92 Å². The third-order valence-corrected chi connectivity index (χ3v) is 3.33. The van der Waals surface area contributed by atoms with E-state index in [4.69, 9.17) is 9.15 Å². The number of rotatable bonds is 3. The highest BCUT2D eigenvalue weighted by atomic mass is 16.5. The highest BCUT2D eigenvalue weighted by Crippen LogP contribution is 2.31. The number of hydrogen-bond acceptors (Lipinski definition) is 5. The number of ether oxygens (including phenoxy) is 1. The fraction of sp³-hybridized carbons (Fsp3) is 0.118. The molecule has 112 valence electrons. The van der Waals surface area contributed by atoms with Crippen molar-refractivity contribution < 1.29 is 19.4 Å². The van der Waals surface area contributed by atoms with Gasteiger partial charge in [-0.25, -0.2) is 0 Å². The van der Waals surface area contributed by atoms with Gasteiger partial charge >= 0.3 is 0 Å². The molecule has 5 heteroatoms. The van der Waals surface area contributed by atoms with Crippen molar-refractivity contribution in [2.75, 3.05) is 6.61 Å². The van der Waals surface area contributed by atoms with Gasteiger partial charge in [0.25, 0.3) is 0 Å². The van der Waals surface area contributed by atoms with E-state index in [1.165, 1.54) is 30.5 Å². The molecule has 0 unspecified atom stereocenters. The van der Waals surface area contributed by atoms with Crippen LogP contribution in [0.4, 0.5) is 0 Å². The van der Waals surface area contributed by atoms with Gasteiger partial charge in [0.2, 0.25) is 5.43 Å². The molecule has 0 spiro atoms. The zero-order valence-corrected chi connectivity index (χ0v) is 11.9. The summed E-state index contributed by atoms with van der Waals surface area (Å²) in [5.74, 6) is 0.289. The van der Waals surface area contributed by atoms with Crippen LogP contribution in [0.1, 0.15) is 6.92 Å². The third-order valence-electron chi connectivity index (χ3n) is 3.33. The summed E-state index contributed by atoms with van der Waals surface area (Å²) in [6, 6.07) is 9.11. The standard InChI is InChI=1S/C17H14O5/c1-2-21-16-7-12-15(8-14(16)19)22-9-13(17(12)20)10-3-5-11(18)6-4-10/h3-9,18-19H,2H2,1H3. The smallest absolute Gasteiger partial charge is 0.200 e. The van der Waals surface area contributed by atoms with Crippen molar-refractivity contribution in [3.8, 4) is 28.4 Å². The van der Waals surface area contributed by atoms with E-state index >= 15 is 0 Å². The second-order valence-electron chi connectivity index (χ2n) is 4.77. The molecule has 0 radical (unpaired) electrons. The first-order chi connectivity index (χ1) is 10.6. The van der Waals surface area contributed by atoms with Crippen LogP contribution in [0.5, 0.6) is 17.2 Å². The normalized spacial score (nSPS) is 10.8. The fourth-order valence-electron chi connectivity index (χ4n) is 2.26. The van der Waals surface area contributed by atoms with Gasteiger partial charge in [0.15, 0.2) is 11.5 Å². The van der Waals surface area contributed by atoms with Crippen molar-refractivity contribution in [2.24, 2.45) is 0 Å². The molecule has 22 heavy (non-hydrogen) atoms. The van der Waals surface area contributed by atoms with Crippen LogP contribution in [0.15, 0.2) is 51.9 Å². The highest BCUT2D eigenvalue weighted by molar-refractivity contribution is 5.84. The zero-order chi connectivity index (χ0) is 15.7. The van der Waals surface area contributed by atoms with Gasteiger partial charge in [-0.2, -0.15) is 0 Å². The molecule has 0 bridgehead atoms. The Morgan fingerprint density at radius 1 is 1.14 bits per heavy atom. The Balaban J connectivity index is 2.22. The second kappa shape index (κ2) is 5.44. The maximum absolute atomic E-state index is 12.6. The van der Waals surface area contributed by atoms with E-state index in [1.807, 2.05) is 0 Å². The molecule has 3 rings (SSSR count). The molecule has 2 N–H and O–H groups in total. The Labute approximate surface area is 126 Å². The van der Waals surface area contributed by atoms with Crippen LogP contribution in [0.2, 0.25) is 0 Å². The van der Waals surface area contributed by atoms with E-state index in [1.54, 1.807) is 19.1 Å². The van der Waals surface area contributed by atoms with Crippen LogP contribution in [-0.4, -0.2) is 16.8 Å². The van der Waals surface area contributed by atoms with Gasteiger partial charge in [0, 0.05) is 6.07 Å². The molecule has 0 aliphatic rings. The van der Waals surface area contributed by atoms with E-state index < -0.39 is 0 Å². The summed E-state index contributed by atoms with van der Waals surface area (Å²) < 4.78 is 10.7. The number of benzene rings is 2. The van der Waals surface area contributed by atoms with Gasteiger partial charge < -0.3 is 19.4 Å². The van der Waals surface area contributed by atoms with Gasteiger partial charge in [-0.15, -0.1) is 0 Å². The lowest BCUT2D eigenvalue weighted by Crippen LogP contribution is -2.05. The molecule has 0 amide bonds. The van der Waals surface area contributed by atoms with E-state index in [9.17, 15) is 15.0 Å². The van der Waals surface area contributed by atoms with Gasteiger partial charge in [0.05, 0.1) is 17.6 Å². The number of fused-ring (bicyclic) bond motifs is 1. The molecule has 0 atom stereocenters. The highest BCUT2D eigenvalue weighted by Gasteiger charge is 2.13. The predicted octanol–water partition coefficient (Wildman–Crippen LogP) is 3.27. The van der Waals surface area contributed by atoms with Crippen molar-refractivity contribution in [3.05, 3.63) is 52.9 Å². The third kappa shape index (κ3) is 2.37. The van der Waals surface area contributed by atoms with Gasteiger partial charge in [-0.1, -0.05) is 12.1 Å². The summed E-state index contributed by atoms with van der Waals surface area (Å²) in [7, 11) is 0. The molecular formula is C17H14O5. The molecule has 2 aromatic carbocycles. The molecule has 5 nitrogen and oxygen atoms in total. The minimum absolute atomic E-state index is 0.0742. The summed E-state index contributed by atoms with van der Waals surface area (Å²) in [6.07, 6.45) is 1.34. The first kappa shape index (κ1) is 14.0. The van der Waals surface area contributed by atoms with Crippen LogP contribution in [0.25, 0.3) is 22.1 Å². The number of hydrogen-bond donors (Lipinski definition) is 2. The lowest BCUT2D eigenvalue weighted by Gasteiger charge is -2.08. The SMILES string of the molecule is CCOc1cc2c(=O)c(-c3ccc(O)cc3)coc2cc1O. The first-order valence-corrected chi connectivity index (χ1v) is 6.81. The average Bonchev–Trinajstić information content (AvgIpc) is 2.51. The zero-order valence-electron chi connectivity index (χ0n) is 11.9. The summed E-state index contributed by atoms with van der Waals surface area (Å²) >= 11 is 0. The predicted molar refractivity (Wildman–Crippen MR) is 82.4 cm³/mol. The molecule has 0 aliphatic heterocycles. The molecule has 0 saturated heterocycles. The summed E-state index contributed by atoms with van der Waals surface area (Å²) in [5.41, 5.74) is 1.07. The fourth-order valence-corrected chi connectivity index (χ4v) is 2.26. The number of aromatic hydroxyl groups is 2. The lowest BCUT2D eigenvalue weighted by atomic mass is 10.1.